The summed E-state index contributed by atoms with van der Waals surface area (Å²) in [6, 6.07) is 26.3. The number of nitrogens with one attached hydrogen (secondary N) is 1. The van der Waals surface area contributed by atoms with Crippen LogP contribution >= 0.6 is 0 Å². The molecule has 0 spiro atoms. The highest BCUT2D eigenvalue weighted by molar-refractivity contribution is 5.90. The topological polar surface area (TPSA) is 20.7 Å². The third-order valence-electron chi connectivity index (χ3n) is 6.08. The third kappa shape index (κ3) is 2.49. The molecule has 0 fully saturated rings. The van der Waals surface area contributed by atoms with Crippen LogP contribution in [0.2, 0.25) is 0 Å². The number of aromatic amines is 1. The van der Waals surface area contributed by atoms with E-state index in [4.69, 9.17) is 0 Å². The minimum absolute atomic E-state index is 0.183. The molecule has 1 N–H and O–H groups in total. The van der Waals surface area contributed by atoms with Crippen LogP contribution in [0.1, 0.15) is 33.9 Å². The molecule has 2 heteroatoms. The summed E-state index contributed by atoms with van der Waals surface area (Å²) in [7, 11) is 2.17. The van der Waals surface area contributed by atoms with Gasteiger partial charge in [-0.15, -0.1) is 0 Å². The molecule has 138 valence electrons. The van der Waals surface area contributed by atoms with E-state index in [2.05, 4.69) is 109 Å². The van der Waals surface area contributed by atoms with E-state index in [1.807, 2.05) is 0 Å². The molecule has 0 saturated carbocycles. The quantitative estimate of drug-likeness (QED) is 0.379. The van der Waals surface area contributed by atoms with Gasteiger partial charge in [0.25, 0.3) is 0 Å². The van der Waals surface area contributed by atoms with Crippen molar-refractivity contribution in [2.45, 2.75) is 19.8 Å². The van der Waals surface area contributed by atoms with Gasteiger partial charge in [0, 0.05) is 46.7 Å². The lowest BCUT2D eigenvalue weighted by molar-refractivity contribution is 0.880. The van der Waals surface area contributed by atoms with Gasteiger partial charge in [0.05, 0.1) is 0 Å². The van der Waals surface area contributed by atoms with Gasteiger partial charge in [-0.05, 0) is 42.7 Å². The summed E-state index contributed by atoms with van der Waals surface area (Å²) >= 11 is 0. The number of rotatable bonds is 3. The van der Waals surface area contributed by atoms with Crippen molar-refractivity contribution in [3.05, 3.63) is 107 Å². The van der Waals surface area contributed by atoms with Gasteiger partial charge in [-0.2, -0.15) is 0 Å². The number of fused-ring (bicyclic) bond motifs is 2. The Morgan fingerprint density at radius 3 is 2.25 bits per heavy atom. The fourth-order valence-electron chi connectivity index (χ4n) is 4.51. The maximum atomic E-state index is 3.49. The average molecular weight is 364 g/mol. The monoisotopic (exact) mass is 364 g/mol. The zero-order chi connectivity index (χ0) is 19.3. The van der Waals surface area contributed by atoms with Crippen LogP contribution in [0.15, 0.2) is 79.0 Å². The Morgan fingerprint density at radius 1 is 0.786 bits per heavy atom. The normalized spacial score (nSPS) is 12.7. The molecule has 2 heterocycles. The standard InChI is InChI=1S/C26H24N2/c1-17-12-14-19(15-13-17)26(22-16-27-23-10-6-4-8-20(22)23)25-18(2)28(3)24-11-7-5-9-21(24)25/h4-16,26-27H,1-3H3. The summed E-state index contributed by atoms with van der Waals surface area (Å²) in [5.41, 5.74) is 9.13. The molecule has 28 heavy (non-hydrogen) atoms. The molecule has 5 rings (SSSR count). The molecule has 3 aromatic carbocycles. The van der Waals surface area contributed by atoms with Crippen molar-refractivity contribution >= 4 is 21.8 Å². The van der Waals surface area contributed by atoms with Crippen molar-refractivity contribution in [2.75, 3.05) is 0 Å². The lowest BCUT2D eigenvalue weighted by Gasteiger charge is -2.19. The first-order valence-corrected chi connectivity index (χ1v) is 9.81. The first-order valence-electron chi connectivity index (χ1n) is 9.81. The van der Waals surface area contributed by atoms with E-state index in [1.165, 1.54) is 49.8 Å². The summed E-state index contributed by atoms with van der Waals surface area (Å²) in [6.07, 6.45) is 2.19. The zero-order valence-corrected chi connectivity index (χ0v) is 16.5. The number of hydrogen-bond donors (Lipinski definition) is 1. The van der Waals surface area contributed by atoms with Crippen LogP contribution in [0.3, 0.4) is 0 Å². The van der Waals surface area contributed by atoms with Crippen molar-refractivity contribution in [3.63, 3.8) is 0 Å². The van der Waals surface area contributed by atoms with E-state index in [0.717, 1.165) is 0 Å². The molecular weight excluding hydrogens is 340 g/mol. The minimum atomic E-state index is 0.183. The van der Waals surface area contributed by atoms with Crippen molar-refractivity contribution < 1.29 is 0 Å². The summed E-state index contributed by atoms with van der Waals surface area (Å²) in [5, 5.41) is 2.62. The summed E-state index contributed by atoms with van der Waals surface area (Å²) in [6.45, 7) is 4.39. The van der Waals surface area contributed by atoms with E-state index < -0.39 is 0 Å². The molecule has 2 nitrogen and oxygen atoms in total. The second-order valence-electron chi connectivity index (χ2n) is 7.71. The van der Waals surface area contributed by atoms with Crippen LogP contribution < -0.4 is 0 Å². The SMILES string of the molecule is Cc1ccc(C(c2c[nH]c3ccccc23)c2c(C)n(C)c3ccccc23)cc1. The molecule has 0 aliphatic rings. The van der Waals surface area contributed by atoms with E-state index >= 15 is 0 Å². The summed E-state index contributed by atoms with van der Waals surface area (Å²) in [5.74, 6) is 0.183. The molecule has 5 aromatic rings. The van der Waals surface area contributed by atoms with Crippen molar-refractivity contribution in [3.8, 4) is 0 Å². The van der Waals surface area contributed by atoms with Gasteiger partial charge in [-0.3, -0.25) is 0 Å². The van der Waals surface area contributed by atoms with Crippen molar-refractivity contribution in [2.24, 2.45) is 7.05 Å². The Bertz CT molecular complexity index is 1290. The predicted octanol–water partition coefficient (Wildman–Crippen LogP) is 6.46. The van der Waals surface area contributed by atoms with Crippen molar-refractivity contribution in [1.29, 1.82) is 0 Å². The molecule has 0 bridgehead atoms. The lowest BCUT2D eigenvalue weighted by Crippen LogP contribution is -2.05. The largest absolute Gasteiger partial charge is 0.361 e. The van der Waals surface area contributed by atoms with Crippen LogP contribution in [0.25, 0.3) is 21.8 Å². The Hall–Kier alpha value is -3.26. The third-order valence-corrected chi connectivity index (χ3v) is 6.08. The highest BCUT2D eigenvalue weighted by Crippen LogP contribution is 2.41. The summed E-state index contributed by atoms with van der Waals surface area (Å²) < 4.78 is 2.32. The van der Waals surface area contributed by atoms with E-state index in [0.29, 0.717) is 0 Å². The number of aromatic nitrogens is 2. The van der Waals surface area contributed by atoms with Crippen LogP contribution in [0.4, 0.5) is 0 Å². The van der Waals surface area contributed by atoms with Gasteiger partial charge in [0.15, 0.2) is 0 Å². The maximum Gasteiger partial charge on any atom is 0.0483 e. The van der Waals surface area contributed by atoms with Gasteiger partial charge in [-0.1, -0.05) is 66.2 Å². The van der Waals surface area contributed by atoms with Crippen LogP contribution in [-0.4, -0.2) is 9.55 Å². The molecule has 0 saturated heterocycles. The average Bonchev–Trinajstić information content (AvgIpc) is 3.25. The number of hydrogen-bond acceptors (Lipinski definition) is 0. The highest BCUT2D eigenvalue weighted by Gasteiger charge is 2.26. The Labute approximate surface area is 165 Å². The number of nitrogens with zero attached hydrogens (tertiary/aromatic N) is 1. The minimum Gasteiger partial charge on any atom is -0.361 e. The Kier molecular flexibility index (Phi) is 3.87. The summed E-state index contributed by atoms with van der Waals surface area (Å²) in [4.78, 5) is 3.49. The Morgan fingerprint density at radius 2 is 1.46 bits per heavy atom. The molecule has 0 aliphatic carbocycles. The predicted molar refractivity (Wildman–Crippen MR) is 118 cm³/mol. The van der Waals surface area contributed by atoms with Gasteiger partial charge in [0.2, 0.25) is 0 Å². The second kappa shape index (κ2) is 6.42. The van der Waals surface area contributed by atoms with Crippen molar-refractivity contribution in [1.82, 2.24) is 9.55 Å². The fourth-order valence-corrected chi connectivity index (χ4v) is 4.51. The van der Waals surface area contributed by atoms with Gasteiger partial charge in [-0.25, -0.2) is 0 Å². The maximum absolute atomic E-state index is 3.49. The molecule has 0 amide bonds. The van der Waals surface area contributed by atoms with Crippen LogP contribution in [0.5, 0.6) is 0 Å². The molecule has 1 unspecified atom stereocenters. The molecule has 0 aliphatic heterocycles. The Balaban J connectivity index is 1.86. The molecule has 1 atom stereocenters. The van der Waals surface area contributed by atoms with E-state index in [9.17, 15) is 0 Å². The smallest absolute Gasteiger partial charge is 0.0483 e. The van der Waals surface area contributed by atoms with Gasteiger partial charge in [0.1, 0.15) is 0 Å². The number of H-pyrrole nitrogens is 1. The first kappa shape index (κ1) is 16.9. The molecule has 0 radical (unpaired) electrons. The van der Waals surface area contributed by atoms with E-state index in [1.54, 1.807) is 0 Å². The van der Waals surface area contributed by atoms with Gasteiger partial charge >= 0.3 is 0 Å². The van der Waals surface area contributed by atoms with Crippen LogP contribution in [0, 0.1) is 13.8 Å². The van der Waals surface area contributed by atoms with E-state index in [-0.39, 0.29) is 5.92 Å². The first-order chi connectivity index (χ1) is 13.6. The second-order valence-corrected chi connectivity index (χ2v) is 7.71. The number of para-hydroxylation sites is 2. The molecular formula is C26H24N2. The fraction of sp³-hybridized carbons (Fsp3) is 0.154. The number of benzene rings is 3. The number of aryl methyl sites for hydroxylation is 2. The highest BCUT2D eigenvalue weighted by atomic mass is 14.9. The van der Waals surface area contributed by atoms with Gasteiger partial charge < -0.3 is 9.55 Å². The lowest BCUT2D eigenvalue weighted by atomic mass is 9.83. The van der Waals surface area contributed by atoms with Crippen LogP contribution in [-0.2, 0) is 7.05 Å². The zero-order valence-electron chi connectivity index (χ0n) is 16.5. The molecule has 2 aromatic heterocycles.